The van der Waals surface area contributed by atoms with E-state index in [0.717, 1.165) is 6.42 Å². The molecule has 0 bridgehead atoms. The van der Waals surface area contributed by atoms with Gasteiger partial charge < -0.3 is 20.5 Å². The molecule has 122 valence electrons. The van der Waals surface area contributed by atoms with Crippen molar-refractivity contribution in [2.45, 2.75) is 65.6 Å². The highest BCUT2D eigenvalue weighted by atomic mass is 16.5. The average molecular weight is 300 g/mol. The number of carbonyl (C=O) groups excluding carboxylic acids is 1. The summed E-state index contributed by atoms with van der Waals surface area (Å²) in [6.45, 7) is 10.6. The zero-order valence-corrected chi connectivity index (χ0v) is 13.6. The molecular weight excluding hydrogens is 272 g/mol. The van der Waals surface area contributed by atoms with E-state index in [-0.39, 0.29) is 23.5 Å². The monoisotopic (exact) mass is 300 g/mol. The van der Waals surface area contributed by atoms with Crippen LogP contribution in [0.2, 0.25) is 0 Å². The van der Waals surface area contributed by atoms with E-state index >= 15 is 0 Å². The summed E-state index contributed by atoms with van der Waals surface area (Å²) in [6.07, 6.45) is 1.31. The van der Waals surface area contributed by atoms with E-state index in [1.807, 2.05) is 34.6 Å². The molecular formula is C15H28N2O4. The minimum atomic E-state index is -1.00. The fraction of sp³-hybridized carbons (Fsp3) is 0.867. The summed E-state index contributed by atoms with van der Waals surface area (Å²) in [5.41, 5.74) is -0.135. The molecule has 0 aliphatic heterocycles. The molecule has 6 heteroatoms. The van der Waals surface area contributed by atoms with Crippen molar-refractivity contribution in [3.05, 3.63) is 0 Å². The summed E-state index contributed by atoms with van der Waals surface area (Å²) < 4.78 is 5.61. The molecule has 0 aromatic heterocycles. The Labute approximate surface area is 126 Å². The van der Waals surface area contributed by atoms with Crippen LogP contribution in [0.4, 0.5) is 4.79 Å². The molecule has 2 amide bonds. The maximum absolute atomic E-state index is 12.0. The molecule has 1 aliphatic carbocycles. The van der Waals surface area contributed by atoms with Gasteiger partial charge in [0, 0.05) is 18.1 Å². The van der Waals surface area contributed by atoms with Gasteiger partial charge in [-0.05, 0) is 25.7 Å². The van der Waals surface area contributed by atoms with Gasteiger partial charge in [0.25, 0.3) is 0 Å². The fourth-order valence-electron chi connectivity index (χ4n) is 2.67. The number of hydrogen-bond donors (Lipinski definition) is 3. The summed E-state index contributed by atoms with van der Waals surface area (Å²) in [5.74, 6) is -0.798. The van der Waals surface area contributed by atoms with Crippen LogP contribution in [0.1, 0.15) is 47.5 Å². The first-order chi connectivity index (χ1) is 9.68. The second kappa shape index (κ2) is 7.11. The molecule has 0 aromatic rings. The average Bonchev–Trinajstić information content (AvgIpc) is 2.36. The van der Waals surface area contributed by atoms with Crippen molar-refractivity contribution < 1.29 is 19.4 Å². The van der Waals surface area contributed by atoms with E-state index < -0.39 is 18.0 Å². The molecule has 0 heterocycles. The largest absolute Gasteiger partial charge is 0.480 e. The number of nitrogens with one attached hydrogen (secondary N) is 2. The Hall–Kier alpha value is -1.30. The third-order valence-electron chi connectivity index (χ3n) is 4.16. The third-order valence-corrected chi connectivity index (χ3v) is 4.16. The molecule has 1 rings (SSSR count). The van der Waals surface area contributed by atoms with Crippen LogP contribution in [0, 0.1) is 11.3 Å². The van der Waals surface area contributed by atoms with E-state index in [9.17, 15) is 9.59 Å². The molecule has 6 nitrogen and oxygen atoms in total. The lowest BCUT2D eigenvalue weighted by molar-refractivity contribution is -0.139. The van der Waals surface area contributed by atoms with Crippen molar-refractivity contribution in [2.24, 2.45) is 11.3 Å². The van der Waals surface area contributed by atoms with Crippen LogP contribution in [0.15, 0.2) is 0 Å². The SMILES string of the molecule is CCOC1CC(NC(=O)N[C@H](CC(C)C)C(=O)O)C1(C)C. The molecule has 0 spiro atoms. The predicted molar refractivity (Wildman–Crippen MR) is 80.1 cm³/mol. The minimum Gasteiger partial charge on any atom is -0.480 e. The summed E-state index contributed by atoms with van der Waals surface area (Å²) >= 11 is 0. The number of amides is 2. The number of hydrogen-bond acceptors (Lipinski definition) is 3. The van der Waals surface area contributed by atoms with Gasteiger partial charge in [0.15, 0.2) is 0 Å². The van der Waals surface area contributed by atoms with Gasteiger partial charge in [0.05, 0.1) is 6.10 Å². The van der Waals surface area contributed by atoms with E-state index in [0.29, 0.717) is 13.0 Å². The van der Waals surface area contributed by atoms with Gasteiger partial charge in [-0.1, -0.05) is 27.7 Å². The molecule has 0 radical (unpaired) electrons. The van der Waals surface area contributed by atoms with Crippen molar-refractivity contribution in [3.8, 4) is 0 Å². The lowest BCUT2D eigenvalue weighted by Gasteiger charge is -2.51. The van der Waals surface area contributed by atoms with Gasteiger partial charge >= 0.3 is 12.0 Å². The van der Waals surface area contributed by atoms with Gasteiger partial charge in [-0.15, -0.1) is 0 Å². The summed E-state index contributed by atoms with van der Waals surface area (Å²) in [6, 6.07) is -1.27. The van der Waals surface area contributed by atoms with Gasteiger partial charge in [-0.2, -0.15) is 0 Å². The van der Waals surface area contributed by atoms with Gasteiger partial charge in [0.2, 0.25) is 0 Å². The maximum atomic E-state index is 12.0. The maximum Gasteiger partial charge on any atom is 0.326 e. The molecule has 0 saturated heterocycles. The van der Waals surface area contributed by atoms with E-state index in [2.05, 4.69) is 10.6 Å². The highest BCUT2D eigenvalue weighted by Crippen LogP contribution is 2.42. The first-order valence-corrected chi connectivity index (χ1v) is 7.59. The Kier molecular flexibility index (Phi) is 6.01. The second-order valence-electron chi connectivity index (χ2n) is 6.69. The number of aliphatic carboxylic acids is 1. The van der Waals surface area contributed by atoms with E-state index in [1.54, 1.807) is 0 Å². The second-order valence-corrected chi connectivity index (χ2v) is 6.69. The molecule has 0 aromatic carbocycles. The smallest absolute Gasteiger partial charge is 0.326 e. The Bertz CT molecular complexity index is 382. The Morgan fingerprint density at radius 1 is 1.38 bits per heavy atom. The zero-order chi connectivity index (χ0) is 16.2. The van der Waals surface area contributed by atoms with E-state index in [4.69, 9.17) is 9.84 Å². The van der Waals surface area contributed by atoms with Gasteiger partial charge in [0.1, 0.15) is 6.04 Å². The molecule has 3 N–H and O–H groups in total. The Morgan fingerprint density at radius 2 is 2.00 bits per heavy atom. The summed E-state index contributed by atoms with van der Waals surface area (Å²) in [5, 5.41) is 14.5. The molecule has 1 saturated carbocycles. The number of carboxylic acids is 1. The highest BCUT2D eigenvalue weighted by molar-refractivity contribution is 5.82. The van der Waals surface area contributed by atoms with Crippen molar-refractivity contribution in [1.82, 2.24) is 10.6 Å². The summed E-state index contributed by atoms with van der Waals surface area (Å²) in [4.78, 5) is 23.1. The molecule has 2 unspecified atom stereocenters. The number of rotatable bonds is 7. The van der Waals surface area contributed by atoms with Crippen LogP contribution in [0.5, 0.6) is 0 Å². The Morgan fingerprint density at radius 3 is 2.43 bits per heavy atom. The molecule has 3 atom stereocenters. The zero-order valence-electron chi connectivity index (χ0n) is 13.6. The molecule has 1 aliphatic rings. The van der Waals surface area contributed by atoms with Crippen molar-refractivity contribution in [2.75, 3.05) is 6.61 Å². The number of carboxylic acid groups (broad SMARTS) is 1. The van der Waals surface area contributed by atoms with Gasteiger partial charge in [-0.3, -0.25) is 0 Å². The predicted octanol–water partition coefficient (Wildman–Crippen LogP) is 1.99. The minimum absolute atomic E-state index is 0.00236. The third kappa shape index (κ3) is 4.59. The van der Waals surface area contributed by atoms with Crippen LogP contribution in [-0.4, -0.2) is 41.9 Å². The Balaban J connectivity index is 2.49. The normalized spacial score (nSPS) is 25.0. The topological polar surface area (TPSA) is 87.7 Å². The lowest BCUT2D eigenvalue weighted by atomic mass is 9.64. The lowest BCUT2D eigenvalue weighted by Crippen LogP contribution is -2.64. The van der Waals surface area contributed by atoms with Crippen LogP contribution in [-0.2, 0) is 9.53 Å². The fourth-order valence-corrected chi connectivity index (χ4v) is 2.67. The first kappa shape index (κ1) is 17.8. The first-order valence-electron chi connectivity index (χ1n) is 7.59. The quantitative estimate of drug-likeness (QED) is 0.671. The number of carbonyl (C=O) groups is 2. The molecule has 21 heavy (non-hydrogen) atoms. The van der Waals surface area contributed by atoms with Crippen LogP contribution < -0.4 is 10.6 Å². The summed E-state index contributed by atoms with van der Waals surface area (Å²) in [7, 11) is 0. The standard InChI is InChI=1S/C15H28N2O4/c1-6-21-12-8-11(15(12,4)5)17-14(20)16-10(13(18)19)7-9(2)3/h9-12H,6-8H2,1-5H3,(H,18,19)(H2,16,17,20)/t10-,11?,12?/m1/s1. The van der Waals surface area contributed by atoms with Crippen LogP contribution >= 0.6 is 0 Å². The van der Waals surface area contributed by atoms with Crippen molar-refractivity contribution >= 4 is 12.0 Å². The number of urea groups is 1. The van der Waals surface area contributed by atoms with Crippen LogP contribution in [0.25, 0.3) is 0 Å². The molecule has 1 fully saturated rings. The number of ether oxygens (including phenoxy) is 1. The van der Waals surface area contributed by atoms with Crippen molar-refractivity contribution in [3.63, 3.8) is 0 Å². The van der Waals surface area contributed by atoms with E-state index in [1.165, 1.54) is 0 Å². The van der Waals surface area contributed by atoms with Gasteiger partial charge in [-0.25, -0.2) is 9.59 Å². The van der Waals surface area contributed by atoms with Crippen molar-refractivity contribution in [1.29, 1.82) is 0 Å². The van der Waals surface area contributed by atoms with Crippen LogP contribution in [0.3, 0.4) is 0 Å². The highest BCUT2D eigenvalue weighted by Gasteiger charge is 2.49.